The number of rotatable bonds is 12. The fraction of sp³-hybridized carbons (Fsp3) is 0.520. The summed E-state index contributed by atoms with van der Waals surface area (Å²) in [5.41, 5.74) is -0.429. The Morgan fingerprint density at radius 3 is 2.37 bits per heavy atom. The van der Waals surface area contributed by atoms with E-state index < -0.39 is 11.6 Å². The van der Waals surface area contributed by atoms with E-state index in [0.717, 1.165) is 42.0 Å². The van der Waals surface area contributed by atoms with E-state index in [1.807, 2.05) is 42.5 Å². The van der Waals surface area contributed by atoms with Crippen LogP contribution in [-0.4, -0.2) is 32.3 Å². The number of carbonyl (C=O) groups is 2. The lowest BCUT2D eigenvalue weighted by molar-refractivity contribution is -0.174. The molecule has 5 heteroatoms. The normalized spacial score (nSPS) is 14.1. The maximum atomic E-state index is 13.3. The average Bonchev–Trinajstić information content (AvgIpc) is 2.77. The molecular formula is C25H34O5. The quantitative estimate of drug-likeness (QED) is 0.337. The first kappa shape index (κ1) is 23.9. The zero-order valence-corrected chi connectivity index (χ0v) is 18.6. The second-order valence-corrected chi connectivity index (χ2v) is 7.76. The van der Waals surface area contributed by atoms with Gasteiger partial charge in [0.25, 0.3) is 0 Å². The molecule has 0 saturated carbocycles. The summed E-state index contributed by atoms with van der Waals surface area (Å²) >= 11 is 0. The molecule has 0 radical (unpaired) electrons. The van der Waals surface area contributed by atoms with Gasteiger partial charge in [-0.05, 0) is 43.4 Å². The van der Waals surface area contributed by atoms with E-state index >= 15 is 0 Å². The molecule has 0 bridgehead atoms. The van der Waals surface area contributed by atoms with Crippen molar-refractivity contribution in [2.75, 3.05) is 14.2 Å². The molecule has 5 nitrogen and oxygen atoms in total. The Bertz CT molecular complexity index is 826. The van der Waals surface area contributed by atoms with Crippen LogP contribution in [0.1, 0.15) is 64.4 Å². The second kappa shape index (κ2) is 11.7. The summed E-state index contributed by atoms with van der Waals surface area (Å²) in [5, 5.41) is 2.01. The van der Waals surface area contributed by atoms with Crippen molar-refractivity contribution in [1.82, 2.24) is 0 Å². The highest BCUT2D eigenvalue weighted by atomic mass is 16.6. The van der Waals surface area contributed by atoms with Gasteiger partial charge in [-0.2, -0.15) is 0 Å². The van der Waals surface area contributed by atoms with Gasteiger partial charge in [0, 0.05) is 19.1 Å². The number of methoxy groups -OCH3 is 2. The Labute approximate surface area is 179 Å². The first-order valence-corrected chi connectivity index (χ1v) is 10.8. The van der Waals surface area contributed by atoms with Crippen molar-refractivity contribution in [2.45, 2.75) is 70.5 Å². The van der Waals surface area contributed by atoms with E-state index in [4.69, 9.17) is 14.2 Å². The van der Waals surface area contributed by atoms with Gasteiger partial charge < -0.3 is 14.2 Å². The molecule has 0 N–H and O–H groups in total. The van der Waals surface area contributed by atoms with Gasteiger partial charge in [0.15, 0.2) is 5.60 Å². The van der Waals surface area contributed by atoms with E-state index in [2.05, 4.69) is 6.92 Å². The molecule has 0 amide bonds. The summed E-state index contributed by atoms with van der Waals surface area (Å²) in [7, 11) is 2.92. The number of hydrogen-bond acceptors (Lipinski definition) is 5. The van der Waals surface area contributed by atoms with Crippen LogP contribution in [-0.2, 0) is 29.4 Å². The first-order valence-electron chi connectivity index (χ1n) is 10.8. The first-order chi connectivity index (χ1) is 14.5. The molecule has 2 rings (SSSR count). The molecule has 2 aromatic carbocycles. The van der Waals surface area contributed by atoms with Crippen molar-refractivity contribution in [3.8, 4) is 0 Å². The van der Waals surface area contributed by atoms with Gasteiger partial charge in [0.2, 0.25) is 0 Å². The van der Waals surface area contributed by atoms with Crippen LogP contribution in [0.2, 0.25) is 0 Å². The molecule has 2 atom stereocenters. The van der Waals surface area contributed by atoms with E-state index in [9.17, 15) is 9.59 Å². The van der Waals surface area contributed by atoms with Gasteiger partial charge >= 0.3 is 11.9 Å². The van der Waals surface area contributed by atoms with Gasteiger partial charge in [-0.25, -0.2) is 4.79 Å². The van der Waals surface area contributed by atoms with E-state index in [0.29, 0.717) is 19.3 Å². The lowest BCUT2D eigenvalue weighted by Crippen LogP contribution is -2.38. The van der Waals surface area contributed by atoms with Crippen LogP contribution >= 0.6 is 0 Å². The van der Waals surface area contributed by atoms with E-state index in [1.165, 1.54) is 14.2 Å². The van der Waals surface area contributed by atoms with Gasteiger partial charge in [0.05, 0.1) is 7.11 Å². The number of carbonyl (C=O) groups excluding carboxylic acids is 2. The lowest BCUT2D eigenvalue weighted by Gasteiger charge is -2.30. The summed E-state index contributed by atoms with van der Waals surface area (Å²) < 4.78 is 16.4. The van der Waals surface area contributed by atoms with Gasteiger partial charge in [0.1, 0.15) is 6.10 Å². The van der Waals surface area contributed by atoms with Crippen LogP contribution in [0.25, 0.3) is 10.8 Å². The molecule has 0 spiro atoms. The molecule has 0 heterocycles. The summed E-state index contributed by atoms with van der Waals surface area (Å²) in [6.45, 7) is 3.90. The van der Waals surface area contributed by atoms with Crippen LogP contribution in [0.5, 0.6) is 0 Å². The van der Waals surface area contributed by atoms with Crippen molar-refractivity contribution in [3.63, 3.8) is 0 Å². The Morgan fingerprint density at radius 1 is 0.967 bits per heavy atom. The third-order valence-electron chi connectivity index (χ3n) is 5.64. The minimum absolute atomic E-state index is 0.244. The minimum Gasteiger partial charge on any atom is -0.469 e. The fourth-order valence-electron chi connectivity index (χ4n) is 3.67. The molecule has 0 aliphatic heterocycles. The predicted molar refractivity (Wildman–Crippen MR) is 118 cm³/mol. The molecule has 0 aliphatic carbocycles. The molecule has 0 aliphatic rings. The summed E-state index contributed by atoms with van der Waals surface area (Å²) in [6.07, 6.45) is 5.24. The van der Waals surface area contributed by atoms with Crippen molar-refractivity contribution in [1.29, 1.82) is 0 Å². The van der Waals surface area contributed by atoms with E-state index in [-0.39, 0.29) is 12.1 Å². The molecule has 2 aromatic rings. The van der Waals surface area contributed by atoms with Crippen molar-refractivity contribution < 1.29 is 23.8 Å². The lowest BCUT2D eigenvalue weighted by atomic mass is 9.90. The number of hydrogen-bond donors (Lipinski definition) is 0. The fourth-order valence-corrected chi connectivity index (χ4v) is 3.67. The third kappa shape index (κ3) is 6.05. The number of benzene rings is 2. The summed E-state index contributed by atoms with van der Waals surface area (Å²) in [6, 6.07) is 13.8. The summed E-state index contributed by atoms with van der Waals surface area (Å²) in [4.78, 5) is 24.7. The van der Waals surface area contributed by atoms with E-state index in [1.54, 1.807) is 6.92 Å². The SMILES string of the molecule is CCCCC[C@H](CCCC(=O)OC)OC(=O)[C@](C)(OC)c1cccc2ccccc12. The summed E-state index contributed by atoms with van der Waals surface area (Å²) in [5.74, 6) is -0.646. The zero-order chi connectivity index (χ0) is 22.0. The molecule has 30 heavy (non-hydrogen) atoms. The number of unbranched alkanes of at least 4 members (excludes halogenated alkanes) is 2. The van der Waals surface area contributed by atoms with Crippen LogP contribution in [0.4, 0.5) is 0 Å². The Hall–Kier alpha value is -2.40. The number of esters is 2. The largest absolute Gasteiger partial charge is 0.469 e. The number of ether oxygens (including phenoxy) is 3. The molecule has 0 unspecified atom stereocenters. The smallest absolute Gasteiger partial charge is 0.343 e. The second-order valence-electron chi connectivity index (χ2n) is 7.76. The maximum Gasteiger partial charge on any atom is 0.343 e. The maximum absolute atomic E-state index is 13.3. The standard InChI is InChI=1S/C25H34O5/c1-5-6-7-14-20(15-11-18-23(26)28-3)30-24(27)25(2,29-4)22-17-10-13-19-12-8-9-16-21(19)22/h8-10,12-13,16-17,20H,5-7,11,14-15,18H2,1-4H3/t20-,25-/m1/s1. The topological polar surface area (TPSA) is 61.8 Å². The highest BCUT2D eigenvalue weighted by molar-refractivity contribution is 5.92. The van der Waals surface area contributed by atoms with Gasteiger partial charge in [-0.15, -0.1) is 0 Å². The average molecular weight is 415 g/mol. The van der Waals surface area contributed by atoms with Crippen molar-refractivity contribution >= 4 is 22.7 Å². The highest BCUT2D eigenvalue weighted by Gasteiger charge is 2.39. The van der Waals surface area contributed by atoms with Crippen LogP contribution in [0.15, 0.2) is 42.5 Å². The third-order valence-corrected chi connectivity index (χ3v) is 5.64. The molecule has 164 valence electrons. The molecular weight excluding hydrogens is 380 g/mol. The molecule has 0 saturated heterocycles. The highest BCUT2D eigenvalue weighted by Crippen LogP contribution is 2.33. The van der Waals surface area contributed by atoms with Crippen molar-refractivity contribution in [3.05, 3.63) is 48.0 Å². The van der Waals surface area contributed by atoms with Gasteiger partial charge in [-0.3, -0.25) is 4.79 Å². The molecule has 0 aromatic heterocycles. The Morgan fingerprint density at radius 2 is 1.67 bits per heavy atom. The number of fused-ring (bicyclic) bond motifs is 1. The Balaban J connectivity index is 2.19. The molecule has 0 fully saturated rings. The van der Waals surface area contributed by atoms with Crippen LogP contribution in [0.3, 0.4) is 0 Å². The monoisotopic (exact) mass is 414 g/mol. The van der Waals surface area contributed by atoms with Crippen LogP contribution in [0, 0.1) is 0 Å². The Kier molecular flexibility index (Phi) is 9.31. The zero-order valence-electron chi connectivity index (χ0n) is 18.6. The van der Waals surface area contributed by atoms with Crippen LogP contribution < -0.4 is 0 Å². The van der Waals surface area contributed by atoms with Gasteiger partial charge in [-0.1, -0.05) is 62.2 Å². The predicted octanol–water partition coefficient (Wildman–Crippen LogP) is 5.54. The van der Waals surface area contributed by atoms with Crippen molar-refractivity contribution in [2.24, 2.45) is 0 Å². The minimum atomic E-state index is -1.22.